The number of hydrogen-bond acceptors (Lipinski definition) is 6. The summed E-state index contributed by atoms with van der Waals surface area (Å²) >= 11 is 2.14. The summed E-state index contributed by atoms with van der Waals surface area (Å²) in [6.07, 6.45) is 2.52. The van der Waals surface area contributed by atoms with Gasteiger partial charge in [-0.3, -0.25) is 9.59 Å². The molecule has 0 radical (unpaired) electrons. The maximum absolute atomic E-state index is 13.2. The fraction of sp³-hybridized carbons (Fsp3) is 0. The molecule has 0 amide bonds. The number of carbonyl (C=O) groups is 2. The number of halogens is 2. The Hall–Kier alpha value is -2.84. The molecule has 0 unspecified atom stereocenters. The molecule has 0 atom stereocenters. The van der Waals surface area contributed by atoms with Crippen molar-refractivity contribution < 1.29 is 18.4 Å². The number of rotatable bonds is 4. The van der Waals surface area contributed by atoms with Crippen LogP contribution >= 0.6 is 23.5 Å². The van der Waals surface area contributed by atoms with Crippen LogP contribution < -0.4 is 0 Å². The molecule has 0 N–H and O–H groups in total. The first-order valence-corrected chi connectivity index (χ1v) is 9.67. The zero-order chi connectivity index (χ0) is 19.7. The molecule has 1 aromatic heterocycles. The highest BCUT2D eigenvalue weighted by Crippen LogP contribution is 2.42. The van der Waals surface area contributed by atoms with Gasteiger partial charge in [-0.25, -0.2) is 18.7 Å². The highest BCUT2D eigenvalue weighted by molar-refractivity contribution is 8.08. The summed E-state index contributed by atoms with van der Waals surface area (Å²) in [5.41, 5.74) is 0.161. The molecular formula is C20H10F2N2O2S2. The van der Waals surface area contributed by atoms with E-state index in [4.69, 9.17) is 0 Å². The van der Waals surface area contributed by atoms with Crippen LogP contribution in [0.3, 0.4) is 0 Å². The van der Waals surface area contributed by atoms with Crippen molar-refractivity contribution in [3.05, 3.63) is 93.8 Å². The molecule has 4 rings (SSSR count). The van der Waals surface area contributed by atoms with Crippen LogP contribution in [0.15, 0.2) is 80.7 Å². The van der Waals surface area contributed by atoms with Gasteiger partial charge >= 0.3 is 0 Å². The Bertz CT molecular complexity index is 1030. The molecule has 28 heavy (non-hydrogen) atoms. The van der Waals surface area contributed by atoms with Gasteiger partial charge in [0, 0.05) is 16.0 Å². The number of thioether (sulfide) groups is 2. The summed E-state index contributed by atoms with van der Waals surface area (Å²) in [5, 5.41) is 0. The molecule has 2 aromatic carbocycles. The van der Waals surface area contributed by atoms with Crippen molar-refractivity contribution in [2.24, 2.45) is 0 Å². The summed E-state index contributed by atoms with van der Waals surface area (Å²) in [6, 6.07) is 11.2. The fourth-order valence-electron chi connectivity index (χ4n) is 2.54. The van der Waals surface area contributed by atoms with Crippen molar-refractivity contribution in [2.45, 2.75) is 9.79 Å². The van der Waals surface area contributed by atoms with Crippen molar-refractivity contribution in [2.75, 3.05) is 0 Å². The van der Waals surface area contributed by atoms with Gasteiger partial charge in [-0.2, -0.15) is 0 Å². The quantitative estimate of drug-likeness (QED) is 0.606. The van der Waals surface area contributed by atoms with E-state index in [1.54, 1.807) is 0 Å². The Morgan fingerprint density at radius 1 is 0.714 bits per heavy atom. The van der Waals surface area contributed by atoms with Gasteiger partial charge in [-0.15, -0.1) is 0 Å². The standard InChI is InChI=1S/C20H10F2N2O2S2/c21-11-1-5-13(6-2-11)27-19-17(25)15-9-23-10-24-16(15)18(26)20(19)28-14-7-3-12(22)4-8-14/h1-10H. The second-order valence-electron chi connectivity index (χ2n) is 5.71. The number of carbonyl (C=O) groups excluding carboxylic acids is 2. The number of Topliss-reactive ketones (excluding diaryl/α,β-unsaturated/α-hetero) is 2. The second-order valence-corrected chi connectivity index (χ2v) is 7.88. The van der Waals surface area contributed by atoms with Crippen LogP contribution in [-0.4, -0.2) is 21.5 Å². The van der Waals surface area contributed by atoms with E-state index in [2.05, 4.69) is 9.97 Å². The summed E-state index contributed by atoms with van der Waals surface area (Å²) in [5.74, 6) is -1.59. The minimum absolute atomic E-state index is 0.0352. The van der Waals surface area contributed by atoms with Gasteiger partial charge in [0.1, 0.15) is 23.7 Å². The zero-order valence-corrected chi connectivity index (χ0v) is 15.7. The predicted molar refractivity (Wildman–Crippen MR) is 102 cm³/mol. The molecule has 0 spiro atoms. The summed E-state index contributed by atoms with van der Waals surface area (Å²) in [7, 11) is 0. The normalized spacial score (nSPS) is 13.6. The lowest BCUT2D eigenvalue weighted by Gasteiger charge is -2.19. The van der Waals surface area contributed by atoms with Gasteiger partial charge in [0.25, 0.3) is 0 Å². The third kappa shape index (κ3) is 3.61. The fourth-order valence-corrected chi connectivity index (χ4v) is 4.57. The highest BCUT2D eigenvalue weighted by Gasteiger charge is 2.34. The van der Waals surface area contributed by atoms with Crippen LogP contribution in [-0.2, 0) is 0 Å². The molecule has 1 aliphatic rings. The molecule has 0 bridgehead atoms. The first-order chi connectivity index (χ1) is 13.5. The molecule has 8 heteroatoms. The van der Waals surface area contributed by atoms with Crippen molar-refractivity contribution in [3.8, 4) is 0 Å². The van der Waals surface area contributed by atoms with Crippen LogP contribution in [0.2, 0.25) is 0 Å². The first-order valence-electron chi connectivity index (χ1n) is 8.03. The van der Waals surface area contributed by atoms with E-state index in [0.717, 1.165) is 23.5 Å². The van der Waals surface area contributed by atoms with E-state index in [1.807, 2.05) is 0 Å². The van der Waals surface area contributed by atoms with Crippen LogP contribution in [0.5, 0.6) is 0 Å². The molecule has 0 fully saturated rings. The summed E-state index contributed by atoms with van der Waals surface area (Å²) in [4.78, 5) is 35.5. The number of allylic oxidation sites excluding steroid dienone is 2. The largest absolute Gasteiger partial charge is 0.288 e. The van der Waals surface area contributed by atoms with E-state index in [1.165, 1.54) is 61.1 Å². The first kappa shape index (κ1) is 18.5. The van der Waals surface area contributed by atoms with Gasteiger partial charge in [-0.1, -0.05) is 23.5 Å². The van der Waals surface area contributed by atoms with Crippen molar-refractivity contribution >= 4 is 35.1 Å². The zero-order valence-electron chi connectivity index (χ0n) is 14.1. The van der Waals surface area contributed by atoms with E-state index in [9.17, 15) is 18.4 Å². The van der Waals surface area contributed by atoms with Gasteiger partial charge < -0.3 is 0 Å². The molecule has 138 valence electrons. The molecule has 4 nitrogen and oxygen atoms in total. The summed E-state index contributed by atoms with van der Waals surface area (Å²) < 4.78 is 26.4. The average molecular weight is 412 g/mol. The molecule has 1 heterocycles. The average Bonchev–Trinajstić information content (AvgIpc) is 2.71. The minimum atomic E-state index is -0.407. The monoisotopic (exact) mass is 412 g/mol. The lowest BCUT2D eigenvalue weighted by molar-refractivity contribution is 0.0984. The number of aromatic nitrogens is 2. The third-order valence-electron chi connectivity index (χ3n) is 3.86. The lowest BCUT2D eigenvalue weighted by Crippen LogP contribution is -2.21. The van der Waals surface area contributed by atoms with Gasteiger partial charge in [0.15, 0.2) is 0 Å². The maximum Gasteiger partial charge on any atom is 0.220 e. The highest BCUT2D eigenvalue weighted by atomic mass is 32.2. The Kier molecular flexibility index (Phi) is 5.06. The van der Waals surface area contributed by atoms with E-state index >= 15 is 0 Å². The van der Waals surface area contributed by atoms with E-state index in [0.29, 0.717) is 9.79 Å². The Morgan fingerprint density at radius 2 is 1.21 bits per heavy atom. The smallest absolute Gasteiger partial charge is 0.220 e. The van der Waals surface area contributed by atoms with Crippen LogP contribution in [0.1, 0.15) is 20.8 Å². The SMILES string of the molecule is O=C1C(Sc2ccc(F)cc2)=C(Sc2ccc(F)cc2)C(=O)c2ncncc21. The Morgan fingerprint density at radius 3 is 1.75 bits per heavy atom. The van der Waals surface area contributed by atoms with E-state index < -0.39 is 17.4 Å². The third-order valence-corrected chi connectivity index (χ3v) is 6.19. The van der Waals surface area contributed by atoms with Crippen LogP contribution in [0, 0.1) is 11.6 Å². The van der Waals surface area contributed by atoms with Gasteiger partial charge in [0.05, 0.1) is 15.4 Å². The second kappa shape index (κ2) is 7.65. The number of hydrogen-bond donors (Lipinski definition) is 0. The van der Waals surface area contributed by atoms with Crippen molar-refractivity contribution in [1.82, 2.24) is 9.97 Å². The van der Waals surface area contributed by atoms with E-state index in [-0.39, 0.29) is 26.9 Å². The van der Waals surface area contributed by atoms with Gasteiger partial charge in [-0.05, 0) is 48.5 Å². The number of fused-ring (bicyclic) bond motifs is 1. The molecule has 3 aromatic rings. The summed E-state index contributed by atoms with van der Waals surface area (Å²) in [6.45, 7) is 0. The molecular weight excluding hydrogens is 402 g/mol. The predicted octanol–water partition coefficient (Wildman–Crippen LogP) is 4.93. The van der Waals surface area contributed by atoms with Gasteiger partial charge in [0.2, 0.25) is 11.6 Å². The van der Waals surface area contributed by atoms with Crippen LogP contribution in [0.25, 0.3) is 0 Å². The van der Waals surface area contributed by atoms with Crippen molar-refractivity contribution in [1.29, 1.82) is 0 Å². The molecule has 0 aliphatic heterocycles. The topological polar surface area (TPSA) is 59.9 Å². The molecule has 0 saturated carbocycles. The van der Waals surface area contributed by atoms with Crippen LogP contribution in [0.4, 0.5) is 8.78 Å². The minimum Gasteiger partial charge on any atom is -0.288 e. The molecule has 0 saturated heterocycles. The molecule has 1 aliphatic carbocycles. The number of nitrogens with zero attached hydrogens (tertiary/aromatic N) is 2. The Labute approximate surface area is 167 Å². The number of benzene rings is 2. The number of ketones is 2. The lowest BCUT2D eigenvalue weighted by atomic mass is 10.0. The van der Waals surface area contributed by atoms with Crippen molar-refractivity contribution in [3.63, 3.8) is 0 Å². The maximum atomic E-state index is 13.2. The Balaban J connectivity index is 1.80.